The number of aliphatic carboxylic acids is 1. The van der Waals surface area contributed by atoms with Gasteiger partial charge >= 0.3 is 5.97 Å². The molecule has 0 fully saturated rings. The predicted octanol–water partition coefficient (Wildman–Crippen LogP) is 10.0. The summed E-state index contributed by atoms with van der Waals surface area (Å²) in [4.78, 5) is 33.8. The van der Waals surface area contributed by atoms with Crippen molar-refractivity contribution in [2.45, 2.75) is 39.5 Å². The smallest absolute Gasteiger partial charge is 0.303 e. The molecule has 1 amide bonds. The summed E-state index contributed by atoms with van der Waals surface area (Å²) in [6, 6.07) is 33.8. The highest BCUT2D eigenvalue weighted by Gasteiger charge is 2.12. The van der Waals surface area contributed by atoms with E-state index >= 15 is 0 Å². The molecule has 4 aromatic carbocycles. The van der Waals surface area contributed by atoms with Gasteiger partial charge in [-0.05, 0) is 73.6 Å². The van der Waals surface area contributed by atoms with E-state index in [1.807, 2.05) is 78.7 Å². The van der Waals surface area contributed by atoms with E-state index in [1.165, 1.54) is 11.1 Å². The fourth-order valence-electron chi connectivity index (χ4n) is 4.15. The van der Waals surface area contributed by atoms with Gasteiger partial charge in [-0.15, -0.1) is 18.2 Å². The number of nitrogens with two attached hydrogens (primary N) is 1. The lowest BCUT2D eigenvalue weighted by Gasteiger charge is -2.21. The minimum Gasteiger partial charge on any atom is -0.481 e. The lowest BCUT2D eigenvalue weighted by Crippen LogP contribution is -2.23. The maximum absolute atomic E-state index is 11.5. The number of anilines is 1. The molecule has 0 heterocycles. The van der Waals surface area contributed by atoms with Gasteiger partial charge < -0.3 is 15.7 Å². The molecule has 0 bridgehead atoms. The van der Waals surface area contributed by atoms with Crippen LogP contribution in [-0.2, 0) is 22.4 Å². The summed E-state index contributed by atoms with van der Waals surface area (Å²) in [5.41, 5.74) is 12.0. The molecule has 0 aromatic heterocycles. The third-order valence-electron chi connectivity index (χ3n) is 6.95. The lowest BCUT2D eigenvalue weighted by atomic mass is 10.0. The molecule has 6 nitrogen and oxygen atoms in total. The molecule has 260 valence electrons. The number of hydrogen-bond donors (Lipinski definition) is 2. The number of carboxylic acids is 1. The van der Waals surface area contributed by atoms with Gasteiger partial charge in [0.15, 0.2) is 0 Å². The number of nitrogens with zero attached hydrogens (tertiary/aromatic N) is 1. The molecule has 4 rings (SSSR count). The number of carbonyl (C=O) groups is 3. The zero-order valence-corrected chi connectivity index (χ0v) is 30.5. The summed E-state index contributed by atoms with van der Waals surface area (Å²) < 4.78 is 0. The number of primary amides is 1. The summed E-state index contributed by atoms with van der Waals surface area (Å²) in [5, 5.41) is 9.69. The largest absolute Gasteiger partial charge is 0.481 e. The molecule has 0 aliphatic rings. The van der Waals surface area contributed by atoms with Crippen molar-refractivity contribution < 1.29 is 19.5 Å². The molecule has 0 atom stereocenters. The Labute approximate surface area is 305 Å². The maximum atomic E-state index is 11.5. The molecule has 0 saturated heterocycles. The molecule has 9 heteroatoms. The summed E-state index contributed by atoms with van der Waals surface area (Å²) >= 11 is 16.4. The second-order valence-corrected chi connectivity index (χ2v) is 12.1. The Bertz CT molecular complexity index is 1610. The van der Waals surface area contributed by atoms with E-state index in [4.69, 9.17) is 45.6 Å². The summed E-state index contributed by atoms with van der Waals surface area (Å²) in [5.74, 6) is -0.653. The number of carbonyl (C=O) groups excluding carboxylic acids is 2. The summed E-state index contributed by atoms with van der Waals surface area (Å²) in [6.45, 7) is 7.55. The van der Waals surface area contributed by atoms with Crippen molar-refractivity contribution in [1.82, 2.24) is 0 Å². The van der Waals surface area contributed by atoms with Crippen LogP contribution in [0, 0.1) is 0 Å². The van der Waals surface area contributed by atoms with Crippen LogP contribution in [0.15, 0.2) is 126 Å². The SMILES string of the molecule is C/C(Cl)=C(\C)C=O.C=CCCl.CN(CCCc1ccccc1)c1ccc(Cl)cc1C(N)=O.O=C(O)CCc1ccc(-c2ccccc2)cc1. The molecule has 0 radical (unpaired) electrons. The van der Waals surface area contributed by atoms with Gasteiger partial charge in [0.05, 0.1) is 5.56 Å². The van der Waals surface area contributed by atoms with Crippen LogP contribution in [0.1, 0.15) is 48.2 Å². The van der Waals surface area contributed by atoms with Crippen molar-refractivity contribution in [3.05, 3.63) is 148 Å². The molecular formula is C40H45Cl3N2O4. The third-order valence-corrected chi connectivity index (χ3v) is 7.71. The summed E-state index contributed by atoms with van der Waals surface area (Å²) in [6.07, 6.45) is 5.16. The van der Waals surface area contributed by atoms with Gasteiger partial charge in [-0.3, -0.25) is 14.4 Å². The Morgan fingerprint density at radius 2 is 1.39 bits per heavy atom. The van der Waals surface area contributed by atoms with Gasteiger partial charge in [0.2, 0.25) is 0 Å². The first-order chi connectivity index (χ1) is 23.4. The molecular weight excluding hydrogens is 679 g/mol. The monoisotopic (exact) mass is 722 g/mol. The van der Waals surface area contributed by atoms with Crippen molar-refractivity contribution in [3.8, 4) is 11.1 Å². The number of rotatable bonds is 12. The number of alkyl halides is 1. The van der Waals surface area contributed by atoms with Crippen molar-refractivity contribution in [2.75, 3.05) is 24.4 Å². The average molecular weight is 724 g/mol. The van der Waals surface area contributed by atoms with Crippen LogP contribution in [0.2, 0.25) is 5.02 Å². The Balaban J connectivity index is 0.000000382. The third kappa shape index (κ3) is 18.1. The Morgan fingerprint density at radius 3 is 1.86 bits per heavy atom. The Morgan fingerprint density at radius 1 is 0.857 bits per heavy atom. The highest BCUT2D eigenvalue weighted by atomic mass is 35.5. The van der Waals surface area contributed by atoms with E-state index in [0.717, 1.165) is 42.5 Å². The van der Waals surface area contributed by atoms with Crippen LogP contribution in [0.4, 0.5) is 5.69 Å². The lowest BCUT2D eigenvalue weighted by molar-refractivity contribution is -0.137. The predicted molar refractivity (Wildman–Crippen MR) is 207 cm³/mol. The molecule has 0 unspecified atom stereocenters. The first kappa shape index (κ1) is 42.7. The second-order valence-electron chi connectivity index (χ2n) is 10.8. The average Bonchev–Trinajstić information content (AvgIpc) is 3.12. The zero-order chi connectivity index (χ0) is 36.6. The number of amides is 1. The van der Waals surface area contributed by atoms with Crippen molar-refractivity contribution in [3.63, 3.8) is 0 Å². The number of benzene rings is 4. The normalized spacial score (nSPS) is 10.3. The first-order valence-corrected chi connectivity index (χ1v) is 16.9. The van der Waals surface area contributed by atoms with Crippen LogP contribution in [0.25, 0.3) is 11.1 Å². The van der Waals surface area contributed by atoms with E-state index in [0.29, 0.717) is 33.5 Å². The van der Waals surface area contributed by atoms with Crippen LogP contribution >= 0.6 is 34.8 Å². The molecule has 0 saturated carbocycles. The Hall–Kier alpha value is -4.36. The number of halogens is 3. The highest BCUT2D eigenvalue weighted by molar-refractivity contribution is 6.31. The van der Waals surface area contributed by atoms with Crippen molar-refractivity contribution in [2.24, 2.45) is 5.73 Å². The second kappa shape index (κ2) is 24.7. The molecule has 3 N–H and O–H groups in total. The fraction of sp³-hybridized carbons (Fsp3) is 0.225. The summed E-state index contributed by atoms with van der Waals surface area (Å²) in [7, 11) is 1.96. The topological polar surface area (TPSA) is 101 Å². The van der Waals surface area contributed by atoms with Gasteiger partial charge in [0.1, 0.15) is 6.29 Å². The van der Waals surface area contributed by atoms with Crippen LogP contribution in [0.5, 0.6) is 0 Å². The quantitative estimate of drug-likeness (QED) is 0.0656. The maximum Gasteiger partial charge on any atom is 0.303 e. The number of aldehydes is 1. The molecule has 0 spiro atoms. The molecule has 0 aliphatic heterocycles. The standard InChI is InChI=1S/C17H19ClN2O.C15H14O2.C5H7ClO.C3H5Cl/c1-20(11-5-8-13-6-3-2-4-7-13)16-10-9-14(18)12-15(16)17(19)21;16-15(17)11-8-12-6-9-14(10-7-12)13-4-2-1-3-5-13;1-4(3-7)5(2)6;1-2-3-4/h2-4,6-7,9-10,12H,5,8,11H2,1H3,(H2,19,21);1-7,9-10H,8,11H2,(H,16,17);3H,1-2H3;2H,1,3H2/b;;5-4-;. The van der Waals surface area contributed by atoms with Crippen molar-refractivity contribution in [1.29, 1.82) is 0 Å². The van der Waals surface area contributed by atoms with Gasteiger partial charge in [-0.1, -0.05) is 114 Å². The first-order valence-electron chi connectivity index (χ1n) is 15.6. The molecule has 0 aliphatic carbocycles. The van der Waals surface area contributed by atoms with E-state index in [-0.39, 0.29) is 6.42 Å². The minimum absolute atomic E-state index is 0.185. The fourth-order valence-corrected chi connectivity index (χ4v) is 4.37. The van der Waals surface area contributed by atoms with Gasteiger partial charge in [0, 0.05) is 47.2 Å². The molecule has 4 aromatic rings. The van der Waals surface area contributed by atoms with Crippen molar-refractivity contribution >= 4 is 58.7 Å². The number of aryl methyl sites for hydroxylation is 2. The van der Waals surface area contributed by atoms with Crippen LogP contribution < -0.4 is 10.6 Å². The van der Waals surface area contributed by atoms with Gasteiger partial charge in [-0.2, -0.15) is 0 Å². The van der Waals surface area contributed by atoms with Crippen LogP contribution in [-0.4, -0.2) is 42.7 Å². The minimum atomic E-state index is -0.753. The Kier molecular flexibility index (Phi) is 21.5. The zero-order valence-electron chi connectivity index (χ0n) is 28.2. The number of allylic oxidation sites excluding steroid dienone is 3. The highest BCUT2D eigenvalue weighted by Crippen LogP contribution is 2.24. The molecule has 49 heavy (non-hydrogen) atoms. The van der Waals surface area contributed by atoms with E-state index in [2.05, 4.69) is 30.8 Å². The van der Waals surface area contributed by atoms with E-state index in [9.17, 15) is 14.4 Å². The van der Waals surface area contributed by atoms with Crippen LogP contribution in [0.3, 0.4) is 0 Å². The van der Waals surface area contributed by atoms with Gasteiger partial charge in [0.25, 0.3) is 5.91 Å². The number of carboxylic acid groups (broad SMARTS) is 1. The van der Waals surface area contributed by atoms with E-state index in [1.54, 1.807) is 32.1 Å². The number of hydrogen-bond acceptors (Lipinski definition) is 4. The van der Waals surface area contributed by atoms with E-state index < -0.39 is 11.9 Å². The van der Waals surface area contributed by atoms with Gasteiger partial charge in [-0.25, -0.2) is 0 Å².